The van der Waals surface area contributed by atoms with Crippen LogP contribution in [0.15, 0.2) is 102 Å². The van der Waals surface area contributed by atoms with Crippen LogP contribution in [0.4, 0.5) is 5.69 Å². The van der Waals surface area contributed by atoms with Crippen LogP contribution < -0.4 is 20.2 Å². The van der Waals surface area contributed by atoms with Crippen LogP contribution in [0.5, 0.6) is 11.5 Å². The highest BCUT2D eigenvalue weighted by Gasteiger charge is 2.13. The molecule has 0 atom stereocenters. The van der Waals surface area contributed by atoms with Gasteiger partial charge in [-0.3, -0.25) is 9.59 Å². The summed E-state index contributed by atoms with van der Waals surface area (Å²) in [5.41, 5.74) is 4.83. The molecule has 0 saturated carbocycles. The predicted molar refractivity (Wildman–Crippen MR) is 165 cm³/mol. The molecule has 0 radical (unpaired) electrons. The quantitative estimate of drug-likeness (QED) is 0.0667. The van der Waals surface area contributed by atoms with Gasteiger partial charge in [-0.15, -0.1) is 0 Å². The zero-order valence-corrected chi connectivity index (χ0v) is 23.9. The van der Waals surface area contributed by atoms with Crippen molar-refractivity contribution >= 4 is 59.0 Å². The summed E-state index contributed by atoms with van der Waals surface area (Å²) in [5, 5.41) is 7.35. The van der Waals surface area contributed by atoms with Crippen molar-refractivity contribution in [3.63, 3.8) is 0 Å². The van der Waals surface area contributed by atoms with Crippen LogP contribution >= 0.6 is 23.2 Å². The Bertz CT molecular complexity index is 1660. The van der Waals surface area contributed by atoms with Gasteiger partial charge in [-0.2, -0.15) is 5.10 Å². The molecular weight excluding hydrogens is 577 g/mol. The number of carbonyl (C=O) groups excluding carboxylic acids is 3. The molecule has 0 aliphatic carbocycles. The topological polar surface area (TPSA) is 106 Å². The number of nitrogens with one attached hydrogen (secondary N) is 2. The Kier molecular flexibility index (Phi) is 10.5. The highest BCUT2D eigenvalue weighted by molar-refractivity contribution is 6.37. The van der Waals surface area contributed by atoms with Gasteiger partial charge >= 0.3 is 5.97 Å². The number of anilines is 1. The number of carbonyl (C=O) groups is 3. The van der Waals surface area contributed by atoms with Gasteiger partial charge in [-0.05, 0) is 78.7 Å². The van der Waals surface area contributed by atoms with Gasteiger partial charge in [0.25, 0.3) is 11.8 Å². The van der Waals surface area contributed by atoms with Gasteiger partial charge in [0.1, 0.15) is 0 Å². The molecule has 42 heavy (non-hydrogen) atoms. The molecule has 212 valence electrons. The van der Waals surface area contributed by atoms with E-state index in [9.17, 15) is 14.4 Å². The van der Waals surface area contributed by atoms with Gasteiger partial charge in [-0.25, -0.2) is 10.2 Å². The summed E-state index contributed by atoms with van der Waals surface area (Å²) in [6.45, 7) is 2.15. The van der Waals surface area contributed by atoms with Gasteiger partial charge in [0, 0.05) is 22.3 Å². The molecule has 2 amide bonds. The molecule has 0 saturated heterocycles. The lowest BCUT2D eigenvalue weighted by Crippen LogP contribution is -2.18. The number of nitrogens with zero attached hydrogens (tertiary/aromatic N) is 1. The number of amides is 2. The molecule has 0 spiro atoms. The van der Waals surface area contributed by atoms with Crippen LogP contribution in [0, 0.1) is 0 Å². The van der Waals surface area contributed by atoms with Gasteiger partial charge in [-0.1, -0.05) is 59.6 Å². The number of halogens is 2. The van der Waals surface area contributed by atoms with Crippen molar-refractivity contribution in [2.45, 2.75) is 6.92 Å². The first-order valence-electron chi connectivity index (χ1n) is 12.7. The van der Waals surface area contributed by atoms with Crippen molar-refractivity contribution in [3.05, 3.63) is 129 Å². The highest BCUT2D eigenvalue weighted by Crippen LogP contribution is 2.28. The maximum absolute atomic E-state index is 12.7. The Morgan fingerprint density at radius 1 is 0.833 bits per heavy atom. The van der Waals surface area contributed by atoms with Crippen LogP contribution in [-0.2, 0) is 4.79 Å². The number of rotatable bonds is 10. The summed E-state index contributed by atoms with van der Waals surface area (Å²) in [6.07, 6.45) is 4.42. The summed E-state index contributed by atoms with van der Waals surface area (Å²) in [6, 6.07) is 25.2. The maximum Gasteiger partial charge on any atom is 0.336 e. The minimum atomic E-state index is -0.553. The van der Waals surface area contributed by atoms with Crippen LogP contribution in [0.25, 0.3) is 6.08 Å². The van der Waals surface area contributed by atoms with Crippen molar-refractivity contribution in [1.29, 1.82) is 0 Å². The number of hydrogen-bond acceptors (Lipinski definition) is 6. The van der Waals surface area contributed by atoms with E-state index in [1.165, 1.54) is 30.5 Å². The summed E-state index contributed by atoms with van der Waals surface area (Å²) in [5.74, 6) is -0.896. The second-order valence-corrected chi connectivity index (χ2v) is 9.51. The third-order valence-electron chi connectivity index (χ3n) is 5.63. The molecule has 0 heterocycles. The molecule has 4 aromatic carbocycles. The van der Waals surface area contributed by atoms with E-state index in [0.717, 1.165) is 5.56 Å². The zero-order chi connectivity index (χ0) is 29.9. The fraction of sp³-hybridized carbons (Fsp3) is 0.0625. The van der Waals surface area contributed by atoms with Crippen LogP contribution in [0.2, 0.25) is 10.0 Å². The lowest BCUT2D eigenvalue weighted by Gasteiger charge is -2.10. The molecule has 0 aromatic heterocycles. The minimum absolute atomic E-state index is 0.210. The van der Waals surface area contributed by atoms with Crippen LogP contribution in [0.3, 0.4) is 0 Å². The van der Waals surface area contributed by atoms with Crippen molar-refractivity contribution in [2.24, 2.45) is 5.10 Å². The van der Waals surface area contributed by atoms with E-state index in [4.69, 9.17) is 32.7 Å². The normalized spacial score (nSPS) is 10.9. The lowest BCUT2D eigenvalue weighted by atomic mass is 10.1. The van der Waals surface area contributed by atoms with E-state index in [0.29, 0.717) is 28.6 Å². The predicted octanol–water partition coefficient (Wildman–Crippen LogP) is 7.03. The fourth-order valence-corrected chi connectivity index (χ4v) is 4.16. The van der Waals surface area contributed by atoms with Crippen LogP contribution in [-0.4, -0.2) is 30.6 Å². The van der Waals surface area contributed by atoms with Gasteiger partial charge in [0.05, 0.1) is 23.4 Å². The zero-order valence-electron chi connectivity index (χ0n) is 22.3. The molecule has 0 fully saturated rings. The Balaban J connectivity index is 1.37. The second kappa shape index (κ2) is 14.6. The lowest BCUT2D eigenvalue weighted by molar-refractivity contribution is -0.129. The molecule has 0 bridgehead atoms. The Morgan fingerprint density at radius 2 is 1.64 bits per heavy atom. The van der Waals surface area contributed by atoms with E-state index >= 15 is 0 Å². The molecule has 0 aliphatic rings. The molecule has 10 heteroatoms. The first-order valence-corrected chi connectivity index (χ1v) is 13.5. The second-order valence-electron chi connectivity index (χ2n) is 8.66. The van der Waals surface area contributed by atoms with E-state index in [-0.39, 0.29) is 21.9 Å². The van der Waals surface area contributed by atoms with Crippen molar-refractivity contribution in [2.75, 3.05) is 11.9 Å². The number of hydrazone groups is 1. The van der Waals surface area contributed by atoms with E-state index < -0.39 is 17.8 Å². The summed E-state index contributed by atoms with van der Waals surface area (Å²) in [7, 11) is 0. The summed E-state index contributed by atoms with van der Waals surface area (Å²) in [4.78, 5) is 37.6. The largest absolute Gasteiger partial charge is 0.490 e. The number of benzene rings is 4. The number of hydrogen-bond donors (Lipinski definition) is 2. The first kappa shape index (κ1) is 30.0. The smallest absolute Gasteiger partial charge is 0.336 e. The van der Waals surface area contributed by atoms with Gasteiger partial charge < -0.3 is 14.8 Å². The van der Waals surface area contributed by atoms with Crippen molar-refractivity contribution < 1.29 is 23.9 Å². The Hall–Kier alpha value is -4.92. The molecule has 2 N–H and O–H groups in total. The fourth-order valence-electron chi connectivity index (χ4n) is 3.67. The molecule has 0 aliphatic heterocycles. The van der Waals surface area contributed by atoms with E-state index in [2.05, 4.69) is 15.8 Å². The molecule has 8 nitrogen and oxygen atoms in total. The minimum Gasteiger partial charge on any atom is -0.490 e. The average Bonchev–Trinajstić information content (AvgIpc) is 2.98. The molecule has 0 unspecified atom stereocenters. The third-order valence-corrected chi connectivity index (χ3v) is 6.18. The molecule has 4 aromatic rings. The van der Waals surface area contributed by atoms with Gasteiger partial charge in [0.15, 0.2) is 11.5 Å². The monoisotopic (exact) mass is 601 g/mol. The SMILES string of the molecule is CCOc1cc(C=NNC(=O)c2cccc(NC(=O)c3ccc(Cl)cc3Cl)c2)ccc1OC(=O)/C=C/c1ccccc1. The molecule has 4 rings (SSSR count). The van der Waals surface area contributed by atoms with Crippen LogP contribution in [0.1, 0.15) is 38.8 Å². The number of ether oxygens (including phenoxy) is 2. The number of esters is 1. The summed E-state index contributed by atoms with van der Waals surface area (Å²) >= 11 is 12.0. The first-order chi connectivity index (χ1) is 20.3. The van der Waals surface area contributed by atoms with Gasteiger partial charge in [0.2, 0.25) is 0 Å². The third kappa shape index (κ3) is 8.54. The standard InChI is InChI=1S/C32H25Cl2N3O5/c1-2-41-29-17-22(11-15-28(29)42-30(38)16-12-21-7-4-3-5-8-21)20-35-37-31(39)23-9-6-10-25(18-23)36-32(40)26-14-13-24(33)19-27(26)34/h3-20H,2H2,1H3,(H,36,40)(H,37,39)/b16-12+,35-20?. The molecular formula is C32H25Cl2N3O5. The van der Waals surface area contributed by atoms with Crippen molar-refractivity contribution in [3.8, 4) is 11.5 Å². The van der Waals surface area contributed by atoms with E-state index in [1.54, 1.807) is 48.5 Å². The average molecular weight is 602 g/mol. The Morgan fingerprint density at radius 3 is 2.40 bits per heavy atom. The summed E-state index contributed by atoms with van der Waals surface area (Å²) < 4.78 is 11.1. The van der Waals surface area contributed by atoms with Crippen molar-refractivity contribution in [1.82, 2.24) is 5.43 Å². The highest BCUT2D eigenvalue weighted by atomic mass is 35.5. The maximum atomic E-state index is 12.7. The van der Waals surface area contributed by atoms with E-state index in [1.807, 2.05) is 37.3 Å². The Labute approximate surface area is 252 Å².